The van der Waals surface area contributed by atoms with Gasteiger partial charge in [-0.05, 0) is 5.56 Å². The van der Waals surface area contributed by atoms with Crippen molar-refractivity contribution in [2.45, 2.75) is 12.7 Å². The van der Waals surface area contributed by atoms with Gasteiger partial charge in [0.2, 0.25) is 0 Å². The van der Waals surface area contributed by atoms with Gasteiger partial charge in [0.25, 0.3) is 0 Å². The van der Waals surface area contributed by atoms with Crippen LogP contribution >= 0.6 is 11.8 Å². The van der Waals surface area contributed by atoms with Crippen molar-refractivity contribution in [2.24, 2.45) is 5.92 Å². The monoisotopic (exact) mass is 224 g/mol. The number of benzene rings is 1. The van der Waals surface area contributed by atoms with Gasteiger partial charge in [-0.3, -0.25) is 4.79 Å². The van der Waals surface area contributed by atoms with Gasteiger partial charge in [-0.25, -0.2) is 0 Å². The molecule has 1 rings (SSSR count). The SMILES string of the molecule is COC(=O)[C@H](C)CSCc1ccccc1. The molecule has 0 bridgehead atoms. The molecule has 0 aromatic heterocycles. The van der Waals surface area contributed by atoms with Gasteiger partial charge < -0.3 is 4.74 Å². The van der Waals surface area contributed by atoms with E-state index in [1.807, 2.05) is 25.1 Å². The molecule has 0 saturated heterocycles. The largest absolute Gasteiger partial charge is 0.469 e. The number of rotatable bonds is 5. The molecule has 0 heterocycles. The summed E-state index contributed by atoms with van der Waals surface area (Å²) in [7, 11) is 1.43. The molecule has 1 atom stereocenters. The number of carbonyl (C=O) groups is 1. The van der Waals surface area contributed by atoms with Crippen molar-refractivity contribution in [1.82, 2.24) is 0 Å². The molecule has 0 fully saturated rings. The number of ether oxygens (including phenoxy) is 1. The second-order valence-corrected chi connectivity index (χ2v) is 4.46. The van der Waals surface area contributed by atoms with Crippen molar-refractivity contribution in [3.63, 3.8) is 0 Å². The summed E-state index contributed by atoms with van der Waals surface area (Å²) < 4.78 is 4.66. The molecule has 82 valence electrons. The summed E-state index contributed by atoms with van der Waals surface area (Å²) in [6.07, 6.45) is 0. The van der Waals surface area contributed by atoms with Gasteiger partial charge in [-0.15, -0.1) is 0 Å². The molecule has 2 nitrogen and oxygen atoms in total. The zero-order valence-corrected chi connectivity index (χ0v) is 9.92. The van der Waals surface area contributed by atoms with Crippen LogP contribution in [-0.4, -0.2) is 18.8 Å². The molecular formula is C12H16O2S. The smallest absolute Gasteiger partial charge is 0.309 e. The van der Waals surface area contributed by atoms with Crippen LogP contribution in [0.15, 0.2) is 30.3 Å². The zero-order chi connectivity index (χ0) is 11.1. The Labute approximate surface area is 95.0 Å². The predicted octanol–water partition coefficient (Wildman–Crippen LogP) is 2.73. The van der Waals surface area contributed by atoms with E-state index < -0.39 is 0 Å². The summed E-state index contributed by atoms with van der Waals surface area (Å²) in [5.74, 6) is 1.60. The fourth-order valence-electron chi connectivity index (χ4n) is 1.20. The van der Waals surface area contributed by atoms with E-state index in [9.17, 15) is 4.79 Å². The van der Waals surface area contributed by atoms with Crippen molar-refractivity contribution in [1.29, 1.82) is 0 Å². The van der Waals surface area contributed by atoms with E-state index in [2.05, 4.69) is 16.9 Å². The molecule has 0 saturated carbocycles. The molecule has 1 aromatic carbocycles. The fourth-order valence-corrected chi connectivity index (χ4v) is 2.23. The number of thioether (sulfide) groups is 1. The topological polar surface area (TPSA) is 26.3 Å². The minimum absolute atomic E-state index is 0.0243. The standard InChI is InChI=1S/C12H16O2S/c1-10(12(13)14-2)8-15-9-11-6-4-3-5-7-11/h3-7,10H,8-9H2,1-2H3/t10-/m1/s1. The second kappa shape index (κ2) is 6.51. The van der Waals surface area contributed by atoms with Crippen LogP contribution in [0, 0.1) is 5.92 Å². The highest BCUT2D eigenvalue weighted by atomic mass is 32.2. The molecular weight excluding hydrogens is 208 g/mol. The summed E-state index contributed by atoms with van der Waals surface area (Å²) in [6, 6.07) is 10.2. The Morgan fingerprint density at radius 2 is 2.07 bits per heavy atom. The minimum Gasteiger partial charge on any atom is -0.469 e. The van der Waals surface area contributed by atoms with Gasteiger partial charge >= 0.3 is 5.97 Å². The average molecular weight is 224 g/mol. The maximum atomic E-state index is 11.1. The molecule has 0 unspecified atom stereocenters. The van der Waals surface area contributed by atoms with E-state index in [0.29, 0.717) is 0 Å². The van der Waals surface area contributed by atoms with Crippen molar-refractivity contribution in [2.75, 3.05) is 12.9 Å². The number of carbonyl (C=O) groups excluding carboxylic acids is 1. The summed E-state index contributed by atoms with van der Waals surface area (Å²) in [5.41, 5.74) is 1.29. The average Bonchev–Trinajstić information content (AvgIpc) is 2.29. The Bertz CT molecular complexity index is 298. The van der Waals surface area contributed by atoms with Crippen LogP contribution in [-0.2, 0) is 15.3 Å². The highest BCUT2D eigenvalue weighted by Crippen LogP contribution is 2.15. The van der Waals surface area contributed by atoms with E-state index in [4.69, 9.17) is 0 Å². The lowest BCUT2D eigenvalue weighted by Crippen LogP contribution is -2.14. The van der Waals surface area contributed by atoms with Gasteiger partial charge in [-0.1, -0.05) is 37.3 Å². The third-order valence-electron chi connectivity index (χ3n) is 2.08. The number of esters is 1. The molecule has 15 heavy (non-hydrogen) atoms. The van der Waals surface area contributed by atoms with Crippen LogP contribution in [0.1, 0.15) is 12.5 Å². The van der Waals surface area contributed by atoms with E-state index in [1.54, 1.807) is 11.8 Å². The molecule has 0 aliphatic carbocycles. The molecule has 0 amide bonds. The van der Waals surface area contributed by atoms with Crippen molar-refractivity contribution >= 4 is 17.7 Å². The second-order valence-electron chi connectivity index (χ2n) is 3.42. The predicted molar refractivity (Wildman–Crippen MR) is 63.8 cm³/mol. The Kier molecular flexibility index (Phi) is 5.26. The minimum atomic E-state index is -0.129. The summed E-state index contributed by atoms with van der Waals surface area (Å²) in [4.78, 5) is 11.1. The van der Waals surface area contributed by atoms with Crippen molar-refractivity contribution in [3.8, 4) is 0 Å². The Morgan fingerprint density at radius 3 is 2.67 bits per heavy atom. The summed E-state index contributed by atoms with van der Waals surface area (Å²) >= 11 is 1.76. The van der Waals surface area contributed by atoms with Crippen molar-refractivity contribution < 1.29 is 9.53 Å². The van der Waals surface area contributed by atoms with E-state index in [1.165, 1.54) is 12.7 Å². The van der Waals surface area contributed by atoms with Crippen LogP contribution in [0.25, 0.3) is 0 Å². The molecule has 0 N–H and O–H groups in total. The first kappa shape index (κ1) is 12.1. The lowest BCUT2D eigenvalue weighted by Gasteiger charge is -2.08. The fraction of sp³-hybridized carbons (Fsp3) is 0.417. The van der Waals surface area contributed by atoms with Crippen molar-refractivity contribution in [3.05, 3.63) is 35.9 Å². The van der Waals surface area contributed by atoms with Crippen LogP contribution < -0.4 is 0 Å². The van der Waals surface area contributed by atoms with Gasteiger partial charge in [0.15, 0.2) is 0 Å². The summed E-state index contributed by atoms with van der Waals surface area (Å²) in [5, 5.41) is 0. The molecule has 1 aromatic rings. The summed E-state index contributed by atoms with van der Waals surface area (Å²) in [6.45, 7) is 1.89. The molecule has 3 heteroatoms. The maximum Gasteiger partial charge on any atom is 0.309 e. The van der Waals surface area contributed by atoms with Crippen LogP contribution in [0.3, 0.4) is 0 Å². The lowest BCUT2D eigenvalue weighted by atomic mass is 10.2. The molecule has 0 aliphatic heterocycles. The lowest BCUT2D eigenvalue weighted by molar-refractivity contribution is -0.143. The number of methoxy groups -OCH3 is 1. The van der Waals surface area contributed by atoms with Gasteiger partial charge in [0.1, 0.15) is 0 Å². The highest BCUT2D eigenvalue weighted by Gasteiger charge is 2.12. The highest BCUT2D eigenvalue weighted by molar-refractivity contribution is 7.98. The first-order valence-electron chi connectivity index (χ1n) is 4.93. The van der Waals surface area contributed by atoms with E-state index in [0.717, 1.165) is 11.5 Å². The molecule has 0 radical (unpaired) electrons. The zero-order valence-electron chi connectivity index (χ0n) is 9.10. The van der Waals surface area contributed by atoms with Gasteiger partial charge in [0.05, 0.1) is 13.0 Å². The third-order valence-corrected chi connectivity index (χ3v) is 3.36. The van der Waals surface area contributed by atoms with Crippen LogP contribution in [0.2, 0.25) is 0 Å². The van der Waals surface area contributed by atoms with Gasteiger partial charge in [0, 0.05) is 11.5 Å². The maximum absolute atomic E-state index is 11.1. The Balaban J connectivity index is 2.25. The van der Waals surface area contributed by atoms with Crippen LogP contribution in [0.5, 0.6) is 0 Å². The molecule has 0 aliphatic rings. The van der Waals surface area contributed by atoms with E-state index in [-0.39, 0.29) is 11.9 Å². The van der Waals surface area contributed by atoms with E-state index >= 15 is 0 Å². The van der Waals surface area contributed by atoms with Crippen LogP contribution in [0.4, 0.5) is 0 Å². The first-order valence-corrected chi connectivity index (χ1v) is 6.09. The Morgan fingerprint density at radius 1 is 1.40 bits per heavy atom. The number of hydrogen-bond donors (Lipinski definition) is 0. The first-order chi connectivity index (χ1) is 7.24. The normalized spacial score (nSPS) is 12.1. The molecule has 0 spiro atoms. The Hall–Kier alpha value is -0.960. The third kappa shape index (κ3) is 4.38. The van der Waals surface area contributed by atoms with Gasteiger partial charge in [-0.2, -0.15) is 11.8 Å². The quantitative estimate of drug-likeness (QED) is 0.719. The number of hydrogen-bond acceptors (Lipinski definition) is 3.